The van der Waals surface area contributed by atoms with E-state index in [0.717, 1.165) is 67.7 Å². The average molecular weight is 2480 g/mol. The van der Waals surface area contributed by atoms with E-state index in [0.29, 0.717) is 119 Å². The molecule has 22 rings (SSSR count). The number of pyridine rings is 8. The molecular formula is C106H72N16O8Pt4-4. The van der Waals surface area contributed by atoms with Gasteiger partial charge in [0.05, 0.1) is 39.6 Å². The van der Waals surface area contributed by atoms with Crippen LogP contribution in [0, 0.1) is 38.1 Å². The number of hydrogen-bond donors (Lipinski definition) is 4. The third-order valence-electron chi connectivity index (χ3n) is 20.7. The van der Waals surface area contributed by atoms with Gasteiger partial charge in [-0.3, -0.25) is 19.9 Å². The molecular weight excluding hydrogens is 2410 g/mol. The number of rotatable bonds is 18. The van der Waals surface area contributed by atoms with Crippen molar-refractivity contribution in [2.24, 2.45) is 0 Å². The fourth-order valence-electron chi connectivity index (χ4n) is 14.9. The van der Waals surface area contributed by atoms with Crippen LogP contribution >= 0.6 is 0 Å². The van der Waals surface area contributed by atoms with Crippen molar-refractivity contribution in [3.63, 3.8) is 0 Å². The Morgan fingerprint density at radius 1 is 0.254 bits per heavy atom. The molecule has 668 valence electrons. The van der Waals surface area contributed by atoms with Gasteiger partial charge < -0.3 is 67.6 Å². The van der Waals surface area contributed by atoms with E-state index in [2.05, 4.69) is 74.1 Å². The van der Waals surface area contributed by atoms with E-state index < -0.39 is 0 Å². The summed E-state index contributed by atoms with van der Waals surface area (Å²) >= 11 is 0. The molecule has 0 unspecified atom stereocenters. The maximum absolute atomic E-state index is 11.4. The zero-order chi connectivity index (χ0) is 88.2. The predicted octanol–water partition coefficient (Wildman–Crippen LogP) is 23.1. The number of fused-ring (bicyclic) bond motifs is 4. The number of hydrogen-bond acceptors (Lipinski definition) is 20. The Labute approximate surface area is 825 Å². The second kappa shape index (κ2) is 43.0. The molecule has 0 spiro atoms. The monoisotopic (exact) mass is 2480 g/mol. The van der Waals surface area contributed by atoms with Crippen LogP contribution in [0.3, 0.4) is 0 Å². The summed E-state index contributed by atoms with van der Waals surface area (Å²) in [5, 5.41) is 44.8. The minimum Gasteiger partial charge on any atom is -0.505 e. The van der Waals surface area contributed by atoms with Crippen LogP contribution in [0.15, 0.2) is 377 Å². The standard InChI is InChI=1S/2C29H19N4O2.2C24H17N4O2.4Pt/c34-28-25(35-26-14-5-7-18-31-26)16-15-24-27(28)33(29(32-24)20-9-2-1-3-10-20)22-12-8-11-21(19-22)23-13-4-6-17-30-23;34-28-22(23-12-4-6-17-30-23)11-8-13-25(28)33-26-19-21(35-27-14-5-7-18-31-27)15-16-24(26)32-29(33)20-9-2-1-3-10-20;1-16-27-20-11-12-21(30-22-10-3-5-14-26-22)24(29)23(20)28(16)18-8-6-7-17(15-18)19-9-2-4-13-25-19;1-16-27-20-12-11-17(30-23-10-3-5-14-26-23)15-22(20)28(16)21-9-6-7-18(24(21)29)19-8-2-4-13-25-19;;;;/h2*1-18,34H;2*2-14,29H,1H3;;;;/q4*-1;;;;. The number of phenols is 4. The summed E-state index contributed by atoms with van der Waals surface area (Å²) in [5.74, 6) is 6.37. The Balaban J connectivity index is 0.000000135. The van der Waals surface area contributed by atoms with Crippen molar-refractivity contribution in [2.75, 3.05) is 0 Å². The Bertz CT molecular complexity index is 7750. The molecule has 22 aromatic rings. The molecule has 0 aliphatic rings. The summed E-state index contributed by atoms with van der Waals surface area (Å²) in [6, 6.07) is 115. The predicted molar refractivity (Wildman–Crippen MR) is 497 cm³/mol. The number of aromatic hydroxyl groups is 4. The van der Waals surface area contributed by atoms with Gasteiger partial charge in [-0.1, -0.05) is 133 Å². The summed E-state index contributed by atoms with van der Waals surface area (Å²) in [7, 11) is 0. The van der Waals surface area contributed by atoms with Crippen LogP contribution in [-0.2, 0) is 84.3 Å². The van der Waals surface area contributed by atoms with Gasteiger partial charge in [0.2, 0.25) is 23.5 Å². The van der Waals surface area contributed by atoms with Crippen molar-refractivity contribution in [2.45, 2.75) is 13.8 Å². The van der Waals surface area contributed by atoms with Crippen LogP contribution < -0.4 is 18.9 Å². The molecule has 0 aliphatic heterocycles. The molecule has 28 heteroatoms. The first-order valence-electron chi connectivity index (χ1n) is 41.1. The van der Waals surface area contributed by atoms with E-state index in [1.807, 2.05) is 311 Å². The van der Waals surface area contributed by atoms with E-state index in [1.165, 1.54) is 0 Å². The van der Waals surface area contributed by atoms with Gasteiger partial charge in [0.15, 0.2) is 23.0 Å². The summed E-state index contributed by atoms with van der Waals surface area (Å²) in [5.41, 5.74) is 15.7. The summed E-state index contributed by atoms with van der Waals surface area (Å²) in [4.78, 5) is 53.4. The Morgan fingerprint density at radius 3 is 1.02 bits per heavy atom. The molecule has 10 aromatic carbocycles. The van der Waals surface area contributed by atoms with Crippen LogP contribution in [0.4, 0.5) is 0 Å². The maximum Gasteiger partial charge on any atom is 0.219 e. The van der Waals surface area contributed by atoms with E-state index in [-0.39, 0.29) is 113 Å². The van der Waals surface area contributed by atoms with Crippen LogP contribution in [0.2, 0.25) is 0 Å². The Kier molecular flexibility index (Phi) is 29.9. The summed E-state index contributed by atoms with van der Waals surface area (Å²) < 4.78 is 31.0. The number of imidazole rings is 4. The van der Waals surface area contributed by atoms with Crippen molar-refractivity contribution in [3.05, 3.63) is 413 Å². The number of ether oxygens (including phenoxy) is 4. The normalized spacial score (nSPS) is 10.6. The van der Waals surface area contributed by atoms with Gasteiger partial charge in [-0.05, 0) is 168 Å². The van der Waals surface area contributed by atoms with Gasteiger partial charge in [0.25, 0.3) is 0 Å². The first kappa shape index (κ1) is 93.1. The average Bonchev–Trinajstić information content (AvgIpc) is 1.64. The van der Waals surface area contributed by atoms with E-state index in [9.17, 15) is 20.4 Å². The SMILES string of the molecule is Cc1nc2ccc(Oc3ccccn3)[c-]c2n1-c1cccc(-c2ccccn2)c1O.Cc1nc2ccc(Oc3ccccn3)c(O)c2n1-c1[c-]c(-c2ccccn2)ccc1.Oc1c(-c2ccccn2)cccc1-n1c(-c2ccccc2)nc2ccc(Oc3ccccn3)[c-]c21.Oc1c(Oc2ccccn2)ccc2nc(-c3ccccc3)n(-c3[c-]c(-c4ccccn4)ccc3)c12.[Pt].[Pt].[Pt].[Pt]. The zero-order valence-corrected chi connectivity index (χ0v) is 79.7. The maximum atomic E-state index is 11.4. The number of phenolic OH excluding ortho intramolecular Hbond substituents is 4. The molecule has 0 atom stereocenters. The van der Waals surface area contributed by atoms with Crippen LogP contribution in [-0.4, -0.2) is 98.5 Å². The zero-order valence-electron chi connectivity index (χ0n) is 70.6. The first-order valence-corrected chi connectivity index (χ1v) is 41.1. The molecule has 0 saturated carbocycles. The van der Waals surface area contributed by atoms with Crippen LogP contribution in [0.25, 0.3) is 135 Å². The third-order valence-corrected chi connectivity index (χ3v) is 20.7. The van der Waals surface area contributed by atoms with Crippen molar-refractivity contribution in [1.29, 1.82) is 0 Å². The van der Waals surface area contributed by atoms with E-state index in [4.69, 9.17) is 28.9 Å². The molecule has 12 aromatic heterocycles. The number of aryl methyl sites for hydroxylation is 2. The van der Waals surface area contributed by atoms with Gasteiger partial charge in [0.1, 0.15) is 40.0 Å². The second-order valence-electron chi connectivity index (χ2n) is 29.1. The van der Waals surface area contributed by atoms with Crippen molar-refractivity contribution in [1.82, 2.24) is 78.1 Å². The van der Waals surface area contributed by atoms with E-state index in [1.54, 1.807) is 98.1 Å². The molecule has 0 fully saturated rings. The van der Waals surface area contributed by atoms with Gasteiger partial charge in [-0.15, -0.1) is 96.1 Å². The number of para-hydroxylation sites is 2. The second-order valence-corrected chi connectivity index (χ2v) is 29.1. The number of nitrogens with zero attached hydrogens (tertiary/aromatic N) is 16. The minimum atomic E-state index is -0.0283. The van der Waals surface area contributed by atoms with Gasteiger partial charge in [0, 0.05) is 192 Å². The first-order chi connectivity index (χ1) is 64.0. The van der Waals surface area contributed by atoms with Gasteiger partial charge in [-0.25, -0.2) is 29.9 Å². The summed E-state index contributed by atoms with van der Waals surface area (Å²) in [6.07, 6.45) is 13.5. The molecule has 12 heterocycles. The van der Waals surface area contributed by atoms with Crippen LogP contribution in [0.5, 0.6) is 69.5 Å². The number of aromatic nitrogens is 16. The Morgan fingerprint density at radius 2 is 0.590 bits per heavy atom. The Hall–Kier alpha value is -15.6. The van der Waals surface area contributed by atoms with Gasteiger partial charge in [-0.2, -0.15) is 0 Å². The van der Waals surface area contributed by atoms with Crippen molar-refractivity contribution >= 4 is 44.1 Å². The molecule has 0 aliphatic carbocycles. The number of benzene rings is 10. The molecule has 0 saturated heterocycles. The van der Waals surface area contributed by atoms with Gasteiger partial charge >= 0.3 is 0 Å². The smallest absolute Gasteiger partial charge is 0.219 e. The molecule has 134 heavy (non-hydrogen) atoms. The van der Waals surface area contributed by atoms with Crippen LogP contribution in [0.1, 0.15) is 11.6 Å². The molecule has 0 radical (unpaired) electrons. The largest absolute Gasteiger partial charge is 0.505 e. The van der Waals surface area contributed by atoms with Crippen molar-refractivity contribution < 1.29 is 124 Å². The third kappa shape index (κ3) is 20.3. The van der Waals surface area contributed by atoms with E-state index >= 15 is 0 Å². The molecule has 4 N–H and O–H groups in total. The topological polar surface area (TPSA) is 292 Å². The fourth-order valence-corrected chi connectivity index (χ4v) is 14.9. The molecule has 24 nitrogen and oxygen atoms in total. The summed E-state index contributed by atoms with van der Waals surface area (Å²) in [6.45, 7) is 3.78. The fraction of sp³-hybridized carbons (Fsp3) is 0.0189. The minimum absolute atomic E-state index is 0. The van der Waals surface area contributed by atoms with Crippen molar-refractivity contribution in [3.8, 4) is 160 Å². The quantitative estimate of drug-likeness (QED) is 0.0580. The molecule has 0 bridgehead atoms. The molecule has 0 amide bonds.